The summed E-state index contributed by atoms with van der Waals surface area (Å²) < 4.78 is 0. The van der Waals surface area contributed by atoms with Crippen LogP contribution in [0.1, 0.15) is 57.4 Å². The molecule has 1 aromatic carbocycles. The molecule has 5 nitrogen and oxygen atoms in total. The van der Waals surface area contributed by atoms with E-state index in [9.17, 15) is 9.59 Å². The average Bonchev–Trinajstić information content (AvgIpc) is 3.05. The quantitative estimate of drug-likeness (QED) is 0.709. The summed E-state index contributed by atoms with van der Waals surface area (Å²) in [7, 11) is 0. The number of amides is 2. The monoisotopic (exact) mass is 379 g/mol. The Labute approximate surface area is 162 Å². The van der Waals surface area contributed by atoms with Crippen LogP contribution in [-0.2, 0) is 16.1 Å². The number of benzene rings is 1. The number of hydrogen-bond acceptors (Lipinski definition) is 3. The van der Waals surface area contributed by atoms with E-state index in [1.807, 2.05) is 31.2 Å². The number of carbonyl (C=O) groups is 2. The first kappa shape index (κ1) is 20.7. The average molecular weight is 380 g/mol. The van der Waals surface area contributed by atoms with Crippen LogP contribution in [0.15, 0.2) is 24.3 Å². The van der Waals surface area contributed by atoms with E-state index in [-0.39, 0.29) is 30.3 Å². The van der Waals surface area contributed by atoms with Gasteiger partial charge in [-0.1, -0.05) is 31.9 Å². The third-order valence-corrected chi connectivity index (χ3v) is 5.36. The highest BCUT2D eigenvalue weighted by Gasteiger charge is 2.37. The summed E-state index contributed by atoms with van der Waals surface area (Å²) in [4.78, 5) is 24.0. The van der Waals surface area contributed by atoms with Crippen LogP contribution in [-0.4, -0.2) is 23.9 Å². The molecule has 0 aromatic heterocycles. The first-order valence-electron chi connectivity index (χ1n) is 9.58. The third-order valence-electron chi connectivity index (χ3n) is 5.36. The molecule has 3 unspecified atom stereocenters. The second-order valence-corrected chi connectivity index (χ2v) is 7.32. The zero-order chi connectivity index (χ0) is 17.6. The Hall–Kier alpha value is -1.59. The maximum absolute atomic E-state index is 12.4. The van der Waals surface area contributed by atoms with Crippen molar-refractivity contribution in [2.75, 3.05) is 5.32 Å². The number of halogens is 1. The topological polar surface area (TPSA) is 70.2 Å². The van der Waals surface area contributed by atoms with E-state index in [0.717, 1.165) is 24.1 Å². The molecule has 1 aromatic rings. The van der Waals surface area contributed by atoms with Crippen molar-refractivity contribution in [3.8, 4) is 0 Å². The molecule has 2 fully saturated rings. The van der Waals surface area contributed by atoms with Gasteiger partial charge in [-0.25, -0.2) is 0 Å². The Morgan fingerprint density at radius 3 is 2.58 bits per heavy atom. The van der Waals surface area contributed by atoms with Gasteiger partial charge in [-0.05, 0) is 49.3 Å². The van der Waals surface area contributed by atoms with Crippen LogP contribution in [0.2, 0.25) is 0 Å². The standard InChI is InChI=1S/C20H29N3O2.ClH/c1-2-5-19(24)22-16-10-8-14(9-11-16)13-21-20(25)18-12-15-6-3-4-7-17(15)23-18;/h8-11,15,17-18,23H,2-7,12-13H2,1H3,(H,21,25)(H,22,24);1H. The maximum Gasteiger partial charge on any atom is 0.237 e. The molecular formula is C20H30ClN3O2. The summed E-state index contributed by atoms with van der Waals surface area (Å²) in [5, 5.41) is 9.43. The molecule has 3 N–H and O–H groups in total. The van der Waals surface area contributed by atoms with Gasteiger partial charge < -0.3 is 16.0 Å². The molecule has 1 aliphatic heterocycles. The molecule has 26 heavy (non-hydrogen) atoms. The highest BCUT2D eigenvalue weighted by Crippen LogP contribution is 2.33. The highest BCUT2D eigenvalue weighted by atomic mass is 35.5. The zero-order valence-electron chi connectivity index (χ0n) is 15.4. The first-order chi connectivity index (χ1) is 12.2. The molecule has 6 heteroatoms. The second-order valence-electron chi connectivity index (χ2n) is 7.32. The Kier molecular flexibility index (Phi) is 7.91. The molecular weight excluding hydrogens is 350 g/mol. The molecule has 1 saturated heterocycles. The van der Waals surface area contributed by atoms with Gasteiger partial charge in [-0.15, -0.1) is 12.4 Å². The summed E-state index contributed by atoms with van der Waals surface area (Å²) >= 11 is 0. The summed E-state index contributed by atoms with van der Waals surface area (Å²) in [6.07, 6.45) is 7.40. The molecule has 2 aliphatic rings. The van der Waals surface area contributed by atoms with Gasteiger partial charge in [0, 0.05) is 24.7 Å². The lowest BCUT2D eigenvalue weighted by Crippen LogP contribution is -2.42. The Bertz CT molecular complexity index is 592. The smallest absolute Gasteiger partial charge is 0.237 e. The normalized spacial score (nSPS) is 24.3. The van der Waals surface area contributed by atoms with Gasteiger partial charge in [0.1, 0.15) is 0 Å². The van der Waals surface area contributed by atoms with Crippen molar-refractivity contribution in [1.82, 2.24) is 10.6 Å². The SMILES string of the molecule is CCCC(=O)Nc1ccc(CNC(=O)C2CC3CCCCC3N2)cc1.Cl. The second kappa shape index (κ2) is 9.93. The summed E-state index contributed by atoms with van der Waals surface area (Å²) in [6, 6.07) is 8.17. The van der Waals surface area contributed by atoms with Crippen LogP contribution in [0.5, 0.6) is 0 Å². The van der Waals surface area contributed by atoms with Gasteiger partial charge in [0.25, 0.3) is 0 Å². The van der Waals surface area contributed by atoms with Crippen LogP contribution in [0, 0.1) is 5.92 Å². The minimum absolute atomic E-state index is 0. The van der Waals surface area contributed by atoms with E-state index >= 15 is 0 Å². The van der Waals surface area contributed by atoms with Crippen molar-refractivity contribution in [3.05, 3.63) is 29.8 Å². The number of rotatable bonds is 6. The van der Waals surface area contributed by atoms with Crippen molar-refractivity contribution >= 4 is 29.9 Å². The number of hydrogen-bond donors (Lipinski definition) is 3. The molecule has 2 amide bonds. The van der Waals surface area contributed by atoms with Crippen LogP contribution < -0.4 is 16.0 Å². The van der Waals surface area contributed by atoms with Gasteiger partial charge in [0.15, 0.2) is 0 Å². The highest BCUT2D eigenvalue weighted by molar-refractivity contribution is 5.90. The molecule has 0 radical (unpaired) electrons. The summed E-state index contributed by atoms with van der Waals surface area (Å²) in [6.45, 7) is 2.51. The van der Waals surface area contributed by atoms with Crippen molar-refractivity contribution < 1.29 is 9.59 Å². The number of carbonyl (C=O) groups excluding carboxylic acids is 2. The largest absolute Gasteiger partial charge is 0.351 e. The number of nitrogens with one attached hydrogen (secondary N) is 3. The van der Waals surface area contributed by atoms with Crippen molar-refractivity contribution in [3.63, 3.8) is 0 Å². The van der Waals surface area contributed by atoms with Gasteiger partial charge >= 0.3 is 0 Å². The Morgan fingerprint density at radius 1 is 1.15 bits per heavy atom. The molecule has 0 spiro atoms. The van der Waals surface area contributed by atoms with Crippen molar-refractivity contribution in [1.29, 1.82) is 0 Å². The van der Waals surface area contributed by atoms with E-state index < -0.39 is 0 Å². The fourth-order valence-electron chi connectivity index (χ4n) is 3.99. The van der Waals surface area contributed by atoms with Crippen LogP contribution >= 0.6 is 12.4 Å². The van der Waals surface area contributed by atoms with Crippen molar-refractivity contribution in [2.45, 2.75) is 70.5 Å². The fourth-order valence-corrected chi connectivity index (χ4v) is 3.99. The predicted molar refractivity (Wildman–Crippen MR) is 106 cm³/mol. The molecule has 1 saturated carbocycles. The lowest BCUT2D eigenvalue weighted by Gasteiger charge is -2.24. The van der Waals surface area contributed by atoms with Gasteiger partial charge in [-0.2, -0.15) is 0 Å². The minimum Gasteiger partial charge on any atom is -0.351 e. The number of fused-ring (bicyclic) bond motifs is 1. The summed E-state index contributed by atoms with van der Waals surface area (Å²) in [5.74, 6) is 0.822. The molecule has 1 heterocycles. The Morgan fingerprint density at radius 2 is 1.88 bits per heavy atom. The van der Waals surface area contributed by atoms with Gasteiger partial charge in [0.05, 0.1) is 6.04 Å². The van der Waals surface area contributed by atoms with E-state index in [0.29, 0.717) is 24.9 Å². The molecule has 1 aliphatic carbocycles. The molecule has 3 atom stereocenters. The molecule has 3 rings (SSSR count). The fraction of sp³-hybridized carbons (Fsp3) is 0.600. The third kappa shape index (κ3) is 5.45. The van der Waals surface area contributed by atoms with Gasteiger partial charge in [-0.3, -0.25) is 9.59 Å². The number of anilines is 1. The van der Waals surface area contributed by atoms with Crippen LogP contribution in [0.25, 0.3) is 0 Å². The minimum atomic E-state index is -0.0410. The molecule has 144 valence electrons. The van der Waals surface area contributed by atoms with Crippen LogP contribution in [0.4, 0.5) is 5.69 Å². The summed E-state index contributed by atoms with van der Waals surface area (Å²) in [5.41, 5.74) is 1.84. The zero-order valence-corrected chi connectivity index (χ0v) is 16.2. The van der Waals surface area contributed by atoms with Crippen LogP contribution in [0.3, 0.4) is 0 Å². The van der Waals surface area contributed by atoms with E-state index in [4.69, 9.17) is 0 Å². The van der Waals surface area contributed by atoms with E-state index in [2.05, 4.69) is 16.0 Å². The molecule has 0 bridgehead atoms. The lowest BCUT2D eigenvalue weighted by molar-refractivity contribution is -0.123. The van der Waals surface area contributed by atoms with E-state index in [1.165, 1.54) is 25.7 Å². The maximum atomic E-state index is 12.4. The predicted octanol–water partition coefficient (Wildman–Crippen LogP) is 3.38. The Balaban J connectivity index is 0.00000243. The lowest BCUT2D eigenvalue weighted by atomic mass is 9.85. The van der Waals surface area contributed by atoms with Gasteiger partial charge in [0.2, 0.25) is 11.8 Å². The van der Waals surface area contributed by atoms with Crippen molar-refractivity contribution in [2.24, 2.45) is 5.92 Å². The van der Waals surface area contributed by atoms with E-state index in [1.54, 1.807) is 0 Å². The first-order valence-corrected chi connectivity index (χ1v) is 9.58.